The maximum Gasteiger partial charge on any atom is 0.248 e. The predicted octanol–water partition coefficient (Wildman–Crippen LogP) is 8.46. The van der Waals surface area contributed by atoms with Crippen molar-refractivity contribution in [3.63, 3.8) is 0 Å². The molecule has 0 aliphatic carbocycles. The number of hydrogen-bond acceptors (Lipinski definition) is 4. The second-order valence-electron chi connectivity index (χ2n) is 7.48. The van der Waals surface area contributed by atoms with Crippen LogP contribution in [0.15, 0.2) is 81.6 Å². The van der Waals surface area contributed by atoms with Crippen LogP contribution in [0.5, 0.6) is 0 Å². The third kappa shape index (κ3) is 5.27. The molecule has 5 rings (SSSR count). The summed E-state index contributed by atoms with van der Waals surface area (Å²) in [6.07, 6.45) is 2.89. The van der Waals surface area contributed by atoms with E-state index in [4.69, 9.17) is 32.0 Å². The Hall–Kier alpha value is -3.14. The number of hydrogen-bond donors (Lipinski definition) is 1. The average Bonchev–Trinajstić information content (AvgIpc) is 3.48. The molecular weight excluding hydrogens is 605 g/mol. The van der Waals surface area contributed by atoms with E-state index in [1.54, 1.807) is 42.5 Å². The third-order valence-corrected chi connectivity index (χ3v) is 6.33. The molecule has 0 bridgehead atoms. The fourth-order valence-electron chi connectivity index (χ4n) is 3.37. The van der Waals surface area contributed by atoms with E-state index in [9.17, 15) is 9.18 Å². The van der Waals surface area contributed by atoms with Crippen molar-refractivity contribution in [2.75, 3.05) is 5.32 Å². The average molecular weight is 619 g/mol. The SMILES string of the molecule is O=C(/C=C/c1ccc(-c2ccc(F)c(Cl)c2)o1)Nc1ccc2oc(-c3cc(I)ccc3Cl)nc2c1. The van der Waals surface area contributed by atoms with Crippen LogP contribution in [-0.4, -0.2) is 10.9 Å². The summed E-state index contributed by atoms with van der Waals surface area (Å²) in [4.78, 5) is 16.9. The minimum Gasteiger partial charge on any atom is -0.457 e. The first-order chi connectivity index (χ1) is 16.9. The Labute approximate surface area is 222 Å². The van der Waals surface area contributed by atoms with Gasteiger partial charge in [0.05, 0.1) is 15.6 Å². The van der Waals surface area contributed by atoms with Gasteiger partial charge in [0.15, 0.2) is 5.58 Å². The van der Waals surface area contributed by atoms with Crippen molar-refractivity contribution in [2.24, 2.45) is 0 Å². The first kappa shape index (κ1) is 23.6. The molecule has 0 spiro atoms. The fourth-order valence-corrected chi connectivity index (χ4v) is 4.24. The quantitative estimate of drug-likeness (QED) is 0.158. The van der Waals surface area contributed by atoms with Crippen LogP contribution < -0.4 is 5.32 Å². The van der Waals surface area contributed by atoms with Crippen LogP contribution in [0, 0.1) is 9.39 Å². The van der Waals surface area contributed by atoms with Gasteiger partial charge in [0.2, 0.25) is 11.8 Å². The van der Waals surface area contributed by atoms with Gasteiger partial charge in [0.1, 0.15) is 22.9 Å². The van der Waals surface area contributed by atoms with E-state index >= 15 is 0 Å². The molecule has 5 nitrogen and oxygen atoms in total. The summed E-state index contributed by atoms with van der Waals surface area (Å²) in [6.45, 7) is 0. The van der Waals surface area contributed by atoms with Gasteiger partial charge in [-0.15, -0.1) is 0 Å². The van der Waals surface area contributed by atoms with Gasteiger partial charge in [-0.2, -0.15) is 0 Å². The molecule has 5 aromatic rings. The number of benzene rings is 3. The molecule has 0 radical (unpaired) electrons. The van der Waals surface area contributed by atoms with Crippen LogP contribution in [0.25, 0.3) is 40.0 Å². The zero-order valence-corrected chi connectivity index (χ0v) is 21.4. The summed E-state index contributed by atoms with van der Waals surface area (Å²) in [6, 6.07) is 18.5. The van der Waals surface area contributed by atoms with Crippen molar-refractivity contribution in [3.8, 4) is 22.8 Å². The summed E-state index contributed by atoms with van der Waals surface area (Å²) < 4.78 is 25.9. The van der Waals surface area contributed by atoms with Crippen molar-refractivity contribution in [1.29, 1.82) is 0 Å². The molecule has 1 N–H and O–H groups in total. The molecule has 0 aliphatic rings. The normalized spacial score (nSPS) is 11.4. The van der Waals surface area contributed by atoms with Crippen molar-refractivity contribution in [3.05, 3.63) is 98.0 Å². The Balaban J connectivity index is 1.29. The second-order valence-corrected chi connectivity index (χ2v) is 9.54. The maximum atomic E-state index is 13.4. The van der Waals surface area contributed by atoms with Crippen molar-refractivity contribution < 1.29 is 18.0 Å². The number of furan rings is 1. The maximum absolute atomic E-state index is 13.4. The molecule has 0 saturated carbocycles. The van der Waals surface area contributed by atoms with Crippen LogP contribution in [0.1, 0.15) is 5.76 Å². The highest BCUT2D eigenvalue weighted by Gasteiger charge is 2.13. The number of anilines is 1. The number of carbonyl (C=O) groups is 1. The predicted molar refractivity (Wildman–Crippen MR) is 144 cm³/mol. The Morgan fingerprint density at radius 2 is 1.83 bits per heavy atom. The van der Waals surface area contributed by atoms with E-state index in [1.165, 1.54) is 24.3 Å². The van der Waals surface area contributed by atoms with Crippen molar-refractivity contribution in [2.45, 2.75) is 0 Å². The number of rotatable bonds is 5. The van der Waals surface area contributed by atoms with Crippen LogP contribution in [-0.2, 0) is 4.79 Å². The van der Waals surface area contributed by atoms with Crippen LogP contribution in [0.4, 0.5) is 10.1 Å². The minimum absolute atomic E-state index is 0.00759. The summed E-state index contributed by atoms with van der Waals surface area (Å²) in [5.41, 5.74) is 3.05. The number of aromatic nitrogens is 1. The summed E-state index contributed by atoms with van der Waals surface area (Å²) in [5, 5.41) is 3.34. The van der Waals surface area contributed by atoms with E-state index in [-0.39, 0.29) is 10.9 Å². The zero-order valence-electron chi connectivity index (χ0n) is 17.7. The minimum atomic E-state index is -0.502. The summed E-state index contributed by atoms with van der Waals surface area (Å²) in [7, 11) is 0. The van der Waals surface area contributed by atoms with Gasteiger partial charge in [0, 0.05) is 20.9 Å². The first-order valence-corrected chi connectivity index (χ1v) is 12.1. The van der Waals surface area contributed by atoms with E-state index in [1.807, 2.05) is 12.1 Å². The molecule has 2 heterocycles. The van der Waals surface area contributed by atoms with Gasteiger partial charge in [-0.3, -0.25) is 4.79 Å². The first-order valence-electron chi connectivity index (χ1n) is 10.3. The lowest BCUT2D eigenvalue weighted by atomic mass is 10.2. The molecule has 3 aromatic carbocycles. The molecule has 0 atom stereocenters. The lowest BCUT2D eigenvalue weighted by Crippen LogP contribution is -2.07. The molecule has 35 heavy (non-hydrogen) atoms. The lowest BCUT2D eigenvalue weighted by Gasteiger charge is -2.01. The van der Waals surface area contributed by atoms with Gasteiger partial charge in [-0.05, 0) is 95.4 Å². The van der Waals surface area contributed by atoms with E-state index in [2.05, 4.69) is 32.9 Å². The fraction of sp³-hybridized carbons (Fsp3) is 0. The van der Waals surface area contributed by atoms with Gasteiger partial charge in [-0.1, -0.05) is 23.2 Å². The number of amides is 1. The highest BCUT2D eigenvalue weighted by atomic mass is 127. The number of nitrogens with zero attached hydrogens (tertiary/aromatic N) is 1. The number of nitrogens with one attached hydrogen (secondary N) is 1. The highest BCUT2D eigenvalue weighted by Crippen LogP contribution is 2.32. The van der Waals surface area contributed by atoms with Gasteiger partial charge >= 0.3 is 0 Å². The standard InChI is InChI=1S/C26H14Cl2FIN2O3/c27-19-6-2-15(30)12-18(19)26-32-22-13-16(3-8-24(22)35-26)31-25(33)10-5-17-4-9-23(34-17)14-1-7-21(29)20(28)11-14/h1-13H,(H,31,33)/b10-5+. The lowest BCUT2D eigenvalue weighted by molar-refractivity contribution is -0.111. The second kappa shape index (κ2) is 9.85. The Kier molecular flexibility index (Phi) is 6.64. The number of fused-ring (bicyclic) bond motifs is 1. The Morgan fingerprint density at radius 3 is 2.66 bits per heavy atom. The van der Waals surface area contributed by atoms with Crippen LogP contribution in [0.3, 0.4) is 0 Å². The number of oxazole rings is 1. The Bertz CT molecular complexity index is 1610. The smallest absolute Gasteiger partial charge is 0.248 e. The number of halogens is 4. The largest absolute Gasteiger partial charge is 0.457 e. The summed E-state index contributed by atoms with van der Waals surface area (Å²) in [5.74, 6) is 0.519. The molecule has 0 aliphatic heterocycles. The number of carbonyl (C=O) groups excluding carboxylic acids is 1. The Morgan fingerprint density at radius 1 is 0.971 bits per heavy atom. The molecular formula is C26H14Cl2FIN2O3. The van der Waals surface area contributed by atoms with Gasteiger partial charge in [-0.25, -0.2) is 9.37 Å². The summed E-state index contributed by atoms with van der Waals surface area (Å²) >= 11 is 14.3. The molecule has 2 aromatic heterocycles. The van der Waals surface area contributed by atoms with Crippen molar-refractivity contribution in [1.82, 2.24) is 4.98 Å². The molecule has 1 amide bonds. The topological polar surface area (TPSA) is 68.3 Å². The monoisotopic (exact) mass is 618 g/mol. The third-order valence-electron chi connectivity index (χ3n) is 5.04. The van der Waals surface area contributed by atoms with E-state index < -0.39 is 5.82 Å². The molecule has 174 valence electrons. The molecule has 0 unspecified atom stereocenters. The molecule has 0 fully saturated rings. The van der Waals surface area contributed by atoms with E-state index in [0.717, 1.165) is 3.57 Å². The van der Waals surface area contributed by atoms with Crippen molar-refractivity contribution >= 4 is 74.6 Å². The van der Waals surface area contributed by atoms with Gasteiger partial charge < -0.3 is 14.2 Å². The molecule has 0 saturated heterocycles. The molecule has 9 heteroatoms. The van der Waals surface area contributed by atoms with Gasteiger partial charge in [0.25, 0.3) is 0 Å². The van der Waals surface area contributed by atoms with Crippen LogP contribution in [0.2, 0.25) is 10.0 Å². The van der Waals surface area contributed by atoms with Crippen LogP contribution >= 0.6 is 45.8 Å². The van der Waals surface area contributed by atoms with E-state index in [0.29, 0.717) is 50.3 Å². The highest BCUT2D eigenvalue weighted by molar-refractivity contribution is 14.1. The zero-order chi connectivity index (χ0) is 24.5.